The normalized spacial score (nSPS) is 15.7. The molecule has 0 unspecified atom stereocenters. The predicted octanol–water partition coefficient (Wildman–Crippen LogP) is 3.34. The molecule has 1 atom stereocenters. The van der Waals surface area contributed by atoms with Crippen LogP contribution in [0.15, 0.2) is 57.8 Å². The maximum Gasteiger partial charge on any atom is 0.286 e. The summed E-state index contributed by atoms with van der Waals surface area (Å²) in [6.07, 6.45) is 1.72. The number of sulfonamides is 1. The second-order valence-corrected chi connectivity index (χ2v) is 9.31. The van der Waals surface area contributed by atoms with Crippen LogP contribution >= 0.6 is 11.8 Å². The van der Waals surface area contributed by atoms with Gasteiger partial charge in [0.25, 0.3) is 10.0 Å². The molecule has 0 bridgehead atoms. The zero-order valence-corrected chi connectivity index (χ0v) is 17.4. The predicted molar refractivity (Wildman–Crippen MR) is 114 cm³/mol. The van der Waals surface area contributed by atoms with Gasteiger partial charge in [0.15, 0.2) is 5.17 Å². The molecule has 2 aromatic carbocycles. The number of rotatable bonds is 6. The number of hydrogen-bond donors (Lipinski definition) is 2. The Balaban J connectivity index is 1.51. The monoisotopic (exact) mass is 417 g/mol. The van der Waals surface area contributed by atoms with Crippen LogP contribution in [-0.2, 0) is 21.2 Å². The molecule has 0 saturated heterocycles. The van der Waals surface area contributed by atoms with Gasteiger partial charge >= 0.3 is 0 Å². The molecule has 0 fully saturated rings. The van der Waals surface area contributed by atoms with Crippen LogP contribution in [0.3, 0.4) is 0 Å². The van der Waals surface area contributed by atoms with Crippen molar-refractivity contribution in [3.63, 3.8) is 0 Å². The van der Waals surface area contributed by atoms with Crippen molar-refractivity contribution >= 4 is 38.5 Å². The molecule has 0 spiro atoms. The number of hydrogen-bond acceptors (Lipinski definition) is 5. The number of carbonyl (C=O) groups is 1. The quantitative estimate of drug-likeness (QED) is 0.753. The van der Waals surface area contributed by atoms with Crippen LogP contribution in [0.1, 0.15) is 24.5 Å². The van der Waals surface area contributed by atoms with Gasteiger partial charge in [-0.2, -0.15) is 8.42 Å². The van der Waals surface area contributed by atoms with Gasteiger partial charge in [-0.3, -0.25) is 4.79 Å². The highest BCUT2D eigenvalue weighted by Crippen LogP contribution is 2.30. The summed E-state index contributed by atoms with van der Waals surface area (Å²) in [6, 6.07) is 15.2. The van der Waals surface area contributed by atoms with Gasteiger partial charge < -0.3 is 10.6 Å². The summed E-state index contributed by atoms with van der Waals surface area (Å²) in [5.41, 5.74) is 2.67. The Labute approximate surface area is 169 Å². The van der Waals surface area contributed by atoms with Crippen LogP contribution in [0.2, 0.25) is 0 Å². The fourth-order valence-corrected chi connectivity index (χ4v) is 4.90. The Hall–Kier alpha value is -2.32. The van der Waals surface area contributed by atoms with E-state index in [1.165, 1.54) is 5.56 Å². The Bertz CT molecular complexity index is 989. The van der Waals surface area contributed by atoms with E-state index in [0.29, 0.717) is 5.69 Å². The summed E-state index contributed by atoms with van der Waals surface area (Å²) < 4.78 is 28.4. The third-order valence-corrected chi connectivity index (χ3v) is 6.64. The highest BCUT2D eigenvalue weighted by Gasteiger charge is 2.25. The Kier molecular flexibility index (Phi) is 6.41. The number of amidine groups is 1. The van der Waals surface area contributed by atoms with E-state index in [2.05, 4.69) is 27.2 Å². The van der Waals surface area contributed by atoms with Crippen molar-refractivity contribution in [2.45, 2.75) is 37.6 Å². The van der Waals surface area contributed by atoms with E-state index in [1.807, 2.05) is 32.0 Å². The minimum Gasteiger partial charge on any atom is -0.353 e. The van der Waals surface area contributed by atoms with Crippen LogP contribution in [0.25, 0.3) is 0 Å². The molecule has 2 N–H and O–H groups in total. The van der Waals surface area contributed by atoms with Crippen molar-refractivity contribution in [1.82, 2.24) is 5.32 Å². The highest BCUT2D eigenvalue weighted by atomic mass is 32.2. The molecule has 1 heterocycles. The molecule has 3 rings (SSSR count). The topological polar surface area (TPSA) is 87.6 Å². The first-order chi connectivity index (χ1) is 13.3. The van der Waals surface area contributed by atoms with E-state index in [-0.39, 0.29) is 27.8 Å². The van der Waals surface area contributed by atoms with Crippen molar-refractivity contribution in [2.24, 2.45) is 4.40 Å². The van der Waals surface area contributed by atoms with E-state index < -0.39 is 10.0 Å². The summed E-state index contributed by atoms with van der Waals surface area (Å²) in [6.45, 7) is 3.85. The maximum atomic E-state index is 12.3. The van der Waals surface area contributed by atoms with Gasteiger partial charge in [0.2, 0.25) is 5.91 Å². The van der Waals surface area contributed by atoms with E-state index in [9.17, 15) is 13.2 Å². The zero-order chi connectivity index (χ0) is 20.1. The summed E-state index contributed by atoms with van der Waals surface area (Å²) in [4.78, 5) is 12.4. The molecule has 0 radical (unpaired) electrons. The lowest BCUT2D eigenvalue weighted by atomic mass is 10.1. The number of benzene rings is 2. The van der Waals surface area contributed by atoms with Gasteiger partial charge in [0.1, 0.15) is 4.90 Å². The third-order valence-electron chi connectivity index (χ3n) is 4.31. The smallest absolute Gasteiger partial charge is 0.286 e. The fourth-order valence-electron chi connectivity index (χ4n) is 2.88. The van der Waals surface area contributed by atoms with Gasteiger partial charge in [-0.25, -0.2) is 0 Å². The van der Waals surface area contributed by atoms with Gasteiger partial charge in [-0.05, 0) is 49.9 Å². The van der Waals surface area contributed by atoms with Crippen molar-refractivity contribution in [2.75, 3.05) is 11.1 Å². The minimum absolute atomic E-state index is 0.0293. The maximum absolute atomic E-state index is 12.3. The number of fused-ring (bicyclic) bond motifs is 1. The molecule has 8 heteroatoms. The lowest BCUT2D eigenvalue weighted by Gasteiger charge is -2.18. The average Bonchev–Trinajstić information content (AvgIpc) is 2.64. The summed E-state index contributed by atoms with van der Waals surface area (Å²) in [7, 11) is -3.75. The lowest BCUT2D eigenvalue weighted by molar-refractivity contribution is -0.119. The number of amides is 1. The molecule has 1 aliphatic rings. The molecule has 0 aliphatic carbocycles. The minimum atomic E-state index is -3.75. The molecule has 28 heavy (non-hydrogen) atoms. The largest absolute Gasteiger partial charge is 0.353 e. The van der Waals surface area contributed by atoms with E-state index in [0.717, 1.165) is 30.2 Å². The summed E-state index contributed by atoms with van der Waals surface area (Å²) in [5.74, 6) is -0.0550. The number of thioether (sulfide) groups is 1. The van der Waals surface area contributed by atoms with Crippen LogP contribution in [0.4, 0.5) is 5.69 Å². The molecule has 148 valence electrons. The Morgan fingerprint density at radius 2 is 1.96 bits per heavy atom. The van der Waals surface area contributed by atoms with Crippen molar-refractivity contribution in [1.29, 1.82) is 0 Å². The summed E-state index contributed by atoms with van der Waals surface area (Å²) in [5, 5.41) is 6.16. The van der Waals surface area contributed by atoms with Gasteiger partial charge in [-0.1, -0.05) is 48.2 Å². The van der Waals surface area contributed by atoms with Crippen molar-refractivity contribution < 1.29 is 13.2 Å². The first-order valence-electron chi connectivity index (χ1n) is 9.02. The molecule has 0 aromatic heterocycles. The highest BCUT2D eigenvalue weighted by molar-refractivity contribution is 8.15. The Morgan fingerprint density at radius 1 is 1.21 bits per heavy atom. The zero-order valence-electron chi connectivity index (χ0n) is 15.8. The van der Waals surface area contributed by atoms with Crippen molar-refractivity contribution in [3.05, 3.63) is 59.7 Å². The number of aryl methyl sites for hydroxylation is 2. The summed E-state index contributed by atoms with van der Waals surface area (Å²) >= 11 is 1.08. The van der Waals surface area contributed by atoms with Crippen LogP contribution in [-0.4, -0.2) is 31.3 Å². The number of anilines is 1. The van der Waals surface area contributed by atoms with Gasteiger partial charge in [0, 0.05) is 6.04 Å². The lowest BCUT2D eigenvalue weighted by Crippen LogP contribution is -2.34. The van der Waals surface area contributed by atoms with Gasteiger partial charge in [0.05, 0.1) is 11.4 Å². The molecule has 0 saturated carbocycles. The first-order valence-corrected chi connectivity index (χ1v) is 11.4. The SMILES string of the molecule is Cc1ccc2c(c1)NC(SCC(=O)N[C@@H](C)CCc1ccccc1)=NS2(=O)=O. The average molecular weight is 418 g/mol. The first kappa shape index (κ1) is 20.4. The van der Waals surface area contributed by atoms with E-state index in [4.69, 9.17) is 0 Å². The molecule has 2 aromatic rings. The second kappa shape index (κ2) is 8.79. The van der Waals surface area contributed by atoms with Crippen LogP contribution in [0, 0.1) is 6.92 Å². The van der Waals surface area contributed by atoms with Crippen LogP contribution < -0.4 is 10.6 Å². The molecule has 1 aliphatic heterocycles. The molecule has 6 nitrogen and oxygen atoms in total. The number of nitrogens with one attached hydrogen (secondary N) is 2. The fraction of sp³-hybridized carbons (Fsp3) is 0.300. The second-order valence-electron chi connectivity index (χ2n) is 6.78. The molecular formula is C20H23N3O3S2. The number of nitrogens with zero attached hydrogens (tertiary/aromatic N) is 1. The Morgan fingerprint density at radius 3 is 2.71 bits per heavy atom. The number of carbonyl (C=O) groups excluding carboxylic acids is 1. The molecular weight excluding hydrogens is 394 g/mol. The third kappa shape index (κ3) is 5.36. The van der Waals surface area contributed by atoms with Gasteiger partial charge in [-0.15, -0.1) is 4.40 Å². The van der Waals surface area contributed by atoms with E-state index >= 15 is 0 Å². The molecule has 1 amide bonds. The van der Waals surface area contributed by atoms with E-state index in [1.54, 1.807) is 18.2 Å². The van der Waals surface area contributed by atoms with Crippen LogP contribution in [0.5, 0.6) is 0 Å². The van der Waals surface area contributed by atoms with Crippen molar-refractivity contribution in [3.8, 4) is 0 Å². The standard InChI is InChI=1S/C20H23N3O3S2/c1-14-8-11-18-17(12-14)22-20(23-28(18,25)26)27-13-19(24)21-15(2)9-10-16-6-4-3-5-7-16/h3-8,11-12,15H,9-10,13H2,1-2H3,(H,21,24)(H,22,23)/t15-/m0/s1.